The van der Waals surface area contributed by atoms with E-state index in [0.29, 0.717) is 32.3 Å². The highest BCUT2D eigenvalue weighted by molar-refractivity contribution is 7.20. The summed E-state index contributed by atoms with van der Waals surface area (Å²) in [6.07, 6.45) is 0. The summed E-state index contributed by atoms with van der Waals surface area (Å²) in [5.74, 6) is -1.00. The van der Waals surface area contributed by atoms with Crippen LogP contribution in [-0.4, -0.2) is 22.5 Å². The van der Waals surface area contributed by atoms with Crippen LogP contribution >= 0.6 is 11.3 Å². The fourth-order valence-electron chi connectivity index (χ4n) is 2.45. The molecule has 2 heterocycles. The summed E-state index contributed by atoms with van der Waals surface area (Å²) in [5.41, 5.74) is 0.743. The molecule has 0 aliphatic rings. The zero-order valence-corrected chi connectivity index (χ0v) is 14.6. The average Bonchev–Trinajstić information content (AvgIpc) is 2.87. The van der Waals surface area contributed by atoms with Gasteiger partial charge in [-0.3, -0.25) is 0 Å². The molecule has 1 aromatic carbocycles. The van der Waals surface area contributed by atoms with E-state index in [4.69, 9.17) is 4.74 Å². The van der Waals surface area contributed by atoms with Gasteiger partial charge in [0.2, 0.25) is 0 Å². The van der Waals surface area contributed by atoms with E-state index in [0.717, 1.165) is 12.1 Å². The summed E-state index contributed by atoms with van der Waals surface area (Å²) >= 11 is 1.20. The quantitative estimate of drug-likeness (QED) is 0.691. The Labute approximate surface area is 146 Å². The van der Waals surface area contributed by atoms with Crippen LogP contribution in [-0.2, 0) is 4.74 Å². The molecule has 3 aromatic rings. The molecule has 1 N–H and O–H groups in total. The zero-order valence-electron chi connectivity index (χ0n) is 13.8. The number of fused-ring (bicyclic) bond motifs is 1. The van der Waals surface area contributed by atoms with Gasteiger partial charge in [0.25, 0.3) is 0 Å². The van der Waals surface area contributed by atoms with Crippen molar-refractivity contribution in [2.75, 3.05) is 11.9 Å². The maximum atomic E-state index is 14.0. The van der Waals surface area contributed by atoms with Crippen LogP contribution in [0.25, 0.3) is 10.2 Å². The third-order valence-electron chi connectivity index (χ3n) is 3.55. The first-order valence-corrected chi connectivity index (χ1v) is 8.39. The normalized spacial score (nSPS) is 10.9. The molecule has 2 aromatic heterocycles. The number of aromatic nitrogens is 2. The Morgan fingerprint density at radius 3 is 2.72 bits per heavy atom. The minimum Gasteiger partial charge on any atom is -0.462 e. The van der Waals surface area contributed by atoms with E-state index < -0.39 is 17.6 Å². The summed E-state index contributed by atoms with van der Waals surface area (Å²) in [6.45, 7) is 5.46. The number of hydrogen-bond acceptors (Lipinski definition) is 6. The average molecular weight is 363 g/mol. The summed E-state index contributed by atoms with van der Waals surface area (Å²) in [6, 6.07) is 3.24. The van der Waals surface area contributed by atoms with E-state index in [1.807, 2.05) is 0 Å². The van der Waals surface area contributed by atoms with Crippen molar-refractivity contribution < 1.29 is 18.3 Å². The summed E-state index contributed by atoms with van der Waals surface area (Å²) in [4.78, 5) is 21.8. The van der Waals surface area contributed by atoms with Gasteiger partial charge in [-0.1, -0.05) is 0 Å². The second-order valence-electron chi connectivity index (χ2n) is 5.33. The van der Waals surface area contributed by atoms with Crippen LogP contribution in [0.15, 0.2) is 18.2 Å². The fourth-order valence-corrected chi connectivity index (χ4v) is 3.57. The van der Waals surface area contributed by atoms with E-state index in [2.05, 4.69) is 15.3 Å². The molecule has 0 spiro atoms. The lowest BCUT2D eigenvalue weighted by atomic mass is 10.2. The van der Waals surface area contributed by atoms with Crippen molar-refractivity contribution in [3.63, 3.8) is 0 Å². The van der Waals surface area contributed by atoms with Gasteiger partial charge in [-0.05, 0) is 38.5 Å². The topological polar surface area (TPSA) is 64.1 Å². The first-order chi connectivity index (χ1) is 11.9. The van der Waals surface area contributed by atoms with Crippen molar-refractivity contribution in [2.24, 2.45) is 0 Å². The summed E-state index contributed by atoms with van der Waals surface area (Å²) in [7, 11) is 0. The first-order valence-electron chi connectivity index (χ1n) is 7.57. The molecule has 8 heteroatoms. The summed E-state index contributed by atoms with van der Waals surface area (Å²) in [5, 5.41) is 3.48. The Balaban J connectivity index is 2.12. The molecule has 0 saturated heterocycles. The minimum absolute atomic E-state index is 0.0871. The van der Waals surface area contributed by atoms with Crippen molar-refractivity contribution in [1.29, 1.82) is 0 Å². The highest BCUT2D eigenvalue weighted by Crippen LogP contribution is 2.35. The molecule has 0 radical (unpaired) electrons. The molecule has 5 nitrogen and oxygen atoms in total. The SMILES string of the molecule is CCOC(=O)c1sc2nc(C)nc(Nc3ccc(F)cc3F)c2c1C. The number of esters is 1. The molecule has 0 saturated carbocycles. The Morgan fingerprint density at radius 2 is 2.04 bits per heavy atom. The molecule has 3 rings (SSSR count). The predicted octanol–water partition coefficient (Wildman–Crippen LogP) is 4.51. The monoisotopic (exact) mass is 363 g/mol. The number of benzene rings is 1. The number of ether oxygens (including phenoxy) is 1. The van der Waals surface area contributed by atoms with Crippen LogP contribution in [0, 0.1) is 25.5 Å². The second-order valence-corrected chi connectivity index (χ2v) is 6.32. The van der Waals surface area contributed by atoms with Crippen LogP contribution in [0.1, 0.15) is 28.0 Å². The maximum absolute atomic E-state index is 14.0. The van der Waals surface area contributed by atoms with E-state index >= 15 is 0 Å². The van der Waals surface area contributed by atoms with E-state index in [9.17, 15) is 13.6 Å². The van der Waals surface area contributed by atoms with Gasteiger partial charge in [-0.2, -0.15) is 0 Å². The van der Waals surface area contributed by atoms with Gasteiger partial charge in [-0.15, -0.1) is 11.3 Å². The molecule has 25 heavy (non-hydrogen) atoms. The van der Waals surface area contributed by atoms with E-state index in [-0.39, 0.29) is 12.3 Å². The molecule has 0 unspecified atom stereocenters. The molecule has 0 aliphatic heterocycles. The third-order valence-corrected chi connectivity index (χ3v) is 4.71. The number of thiophene rings is 1. The number of nitrogens with zero attached hydrogens (tertiary/aromatic N) is 2. The number of carbonyl (C=O) groups excluding carboxylic acids is 1. The molecule has 130 valence electrons. The molecule has 0 fully saturated rings. The maximum Gasteiger partial charge on any atom is 0.348 e. The number of rotatable bonds is 4. The van der Waals surface area contributed by atoms with Crippen molar-refractivity contribution in [3.8, 4) is 0 Å². The number of aryl methyl sites for hydroxylation is 2. The molecular weight excluding hydrogens is 348 g/mol. The number of anilines is 2. The first kappa shape index (κ1) is 17.2. The Kier molecular flexibility index (Phi) is 4.63. The standard InChI is InChI=1S/C17H15F2N3O2S/c1-4-24-17(23)14-8(2)13-15(20-9(3)21-16(13)25-14)22-12-6-5-10(18)7-11(12)19/h5-7H,4H2,1-3H3,(H,20,21,22). The van der Waals surface area contributed by atoms with Crippen molar-refractivity contribution in [2.45, 2.75) is 20.8 Å². The van der Waals surface area contributed by atoms with Gasteiger partial charge in [0, 0.05) is 6.07 Å². The van der Waals surface area contributed by atoms with Crippen LogP contribution < -0.4 is 5.32 Å². The number of nitrogens with one attached hydrogen (secondary N) is 1. The zero-order chi connectivity index (χ0) is 18.1. The predicted molar refractivity (Wildman–Crippen MR) is 92.5 cm³/mol. The van der Waals surface area contributed by atoms with E-state index in [1.54, 1.807) is 20.8 Å². The lowest BCUT2D eigenvalue weighted by Crippen LogP contribution is -2.04. The summed E-state index contributed by atoms with van der Waals surface area (Å²) < 4.78 is 32.1. The van der Waals surface area contributed by atoms with Gasteiger partial charge < -0.3 is 10.1 Å². The Hall–Kier alpha value is -2.61. The van der Waals surface area contributed by atoms with Crippen LogP contribution in [0.2, 0.25) is 0 Å². The van der Waals surface area contributed by atoms with Crippen molar-refractivity contribution in [3.05, 3.63) is 46.1 Å². The van der Waals surface area contributed by atoms with Gasteiger partial charge in [0.1, 0.15) is 33.0 Å². The highest BCUT2D eigenvalue weighted by atomic mass is 32.1. The molecule has 0 aliphatic carbocycles. The van der Waals surface area contributed by atoms with Crippen LogP contribution in [0.5, 0.6) is 0 Å². The van der Waals surface area contributed by atoms with Gasteiger partial charge in [-0.25, -0.2) is 23.5 Å². The largest absolute Gasteiger partial charge is 0.462 e. The smallest absolute Gasteiger partial charge is 0.348 e. The molecule has 0 bridgehead atoms. The number of halogens is 2. The molecular formula is C17H15F2N3O2S. The van der Waals surface area contributed by atoms with Gasteiger partial charge in [0.05, 0.1) is 17.7 Å². The van der Waals surface area contributed by atoms with E-state index in [1.165, 1.54) is 17.4 Å². The van der Waals surface area contributed by atoms with Crippen LogP contribution in [0.4, 0.5) is 20.3 Å². The Bertz CT molecular complexity index is 972. The van der Waals surface area contributed by atoms with Gasteiger partial charge >= 0.3 is 5.97 Å². The molecule has 0 atom stereocenters. The fraction of sp³-hybridized carbons (Fsp3) is 0.235. The minimum atomic E-state index is -0.733. The lowest BCUT2D eigenvalue weighted by Gasteiger charge is -2.09. The number of carbonyl (C=O) groups is 1. The van der Waals surface area contributed by atoms with Gasteiger partial charge in [0.15, 0.2) is 0 Å². The Morgan fingerprint density at radius 1 is 1.28 bits per heavy atom. The van der Waals surface area contributed by atoms with Crippen molar-refractivity contribution in [1.82, 2.24) is 9.97 Å². The number of hydrogen-bond donors (Lipinski definition) is 1. The third kappa shape index (κ3) is 3.30. The lowest BCUT2D eigenvalue weighted by molar-refractivity contribution is 0.0531. The molecule has 0 amide bonds. The van der Waals surface area contributed by atoms with Crippen LogP contribution in [0.3, 0.4) is 0 Å². The highest BCUT2D eigenvalue weighted by Gasteiger charge is 2.21. The second kappa shape index (κ2) is 6.72. The van der Waals surface area contributed by atoms with Crippen molar-refractivity contribution >= 4 is 39.0 Å².